The molecule has 2 aromatic rings. The molecule has 0 saturated carbocycles. The van der Waals surface area contributed by atoms with Crippen LogP contribution in [0.5, 0.6) is 11.5 Å². The van der Waals surface area contributed by atoms with Crippen molar-refractivity contribution in [3.8, 4) is 11.5 Å². The summed E-state index contributed by atoms with van der Waals surface area (Å²) in [7, 11) is 3.28. The van der Waals surface area contributed by atoms with Gasteiger partial charge < -0.3 is 14.8 Å². The zero-order chi connectivity index (χ0) is 19.8. The molecular formula is C22H30N2O3. The van der Waals surface area contributed by atoms with Crippen molar-refractivity contribution in [2.75, 3.05) is 33.9 Å². The van der Waals surface area contributed by atoms with Crippen molar-refractivity contribution >= 4 is 5.91 Å². The zero-order valence-corrected chi connectivity index (χ0v) is 16.9. The fourth-order valence-corrected chi connectivity index (χ4v) is 3.22. The number of aryl methyl sites for hydroxylation is 1. The largest absolute Gasteiger partial charge is 0.497 e. The Morgan fingerprint density at radius 1 is 1.07 bits per heavy atom. The Labute approximate surface area is 162 Å². The number of ether oxygens (including phenoxy) is 2. The van der Waals surface area contributed by atoms with Gasteiger partial charge in [-0.1, -0.05) is 32.0 Å². The summed E-state index contributed by atoms with van der Waals surface area (Å²) in [6.07, 6.45) is 0. The molecule has 1 N–H and O–H groups in total. The predicted molar refractivity (Wildman–Crippen MR) is 109 cm³/mol. The van der Waals surface area contributed by atoms with Crippen LogP contribution in [-0.2, 0) is 0 Å². The Kier molecular flexibility index (Phi) is 7.67. The van der Waals surface area contributed by atoms with Gasteiger partial charge in [0.2, 0.25) is 0 Å². The second kappa shape index (κ2) is 9.97. The van der Waals surface area contributed by atoms with Crippen LogP contribution in [0.15, 0.2) is 42.5 Å². The highest BCUT2D eigenvalue weighted by atomic mass is 16.5. The van der Waals surface area contributed by atoms with Crippen LogP contribution >= 0.6 is 0 Å². The molecule has 0 bridgehead atoms. The van der Waals surface area contributed by atoms with E-state index >= 15 is 0 Å². The summed E-state index contributed by atoms with van der Waals surface area (Å²) in [5.41, 5.74) is 2.73. The van der Waals surface area contributed by atoms with Gasteiger partial charge in [0.1, 0.15) is 11.5 Å². The van der Waals surface area contributed by atoms with Crippen LogP contribution in [0.25, 0.3) is 0 Å². The Bertz CT molecular complexity index is 757. The van der Waals surface area contributed by atoms with Crippen LogP contribution in [0.3, 0.4) is 0 Å². The number of hydrogen-bond acceptors (Lipinski definition) is 4. The highest BCUT2D eigenvalue weighted by molar-refractivity contribution is 5.94. The van der Waals surface area contributed by atoms with E-state index in [0.29, 0.717) is 12.1 Å². The van der Waals surface area contributed by atoms with Gasteiger partial charge in [0.15, 0.2) is 0 Å². The van der Waals surface area contributed by atoms with Crippen molar-refractivity contribution in [2.45, 2.75) is 26.8 Å². The molecule has 0 fully saturated rings. The maximum absolute atomic E-state index is 12.7. The average molecular weight is 370 g/mol. The van der Waals surface area contributed by atoms with Gasteiger partial charge in [0.05, 0.1) is 20.3 Å². The van der Waals surface area contributed by atoms with Gasteiger partial charge in [0.25, 0.3) is 5.91 Å². The van der Waals surface area contributed by atoms with Crippen molar-refractivity contribution in [2.24, 2.45) is 0 Å². The van der Waals surface area contributed by atoms with Crippen LogP contribution in [0, 0.1) is 6.92 Å². The van der Waals surface area contributed by atoms with Crippen LogP contribution in [0.4, 0.5) is 0 Å². The van der Waals surface area contributed by atoms with E-state index in [-0.39, 0.29) is 11.9 Å². The molecule has 5 heteroatoms. The Morgan fingerprint density at radius 2 is 1.81 bits per heavy atom. The van der Waals surface area contributed by atoms with E-state index in [2.05, 4.69) is 30.1 Å². The maximum Gasteiger partial charge on any atom is 0.251 e. The molecule has 0 aliphatic rings. The number of hydrogen-bond donors (Lipinski definition) is 1. The number of rotatable bonds is 9. The lowest BCUT2D eigenvalue weighted by Crippen LogP contribution is -2.38. The van der Waals surface area contributed by atoms with E-state index in [1.165, 1.54) is 0 Å². The summed E-state index contributed by atoms with van der Waals surface area (Å²) in [5, 5.41) is 3.08. The molecule has 146 valence electrons. The number of nitrogens with one attached hydrogen (secondary N) is 1. The SMILES string of the molecule is CCN(CC)C(CNC(=O)c1ccc(C)c(OC)c1)c1cccc(OC)c1. The molecule has 1 amide bonds. The lowest BCUT2D eigenvalue weighted by atomic mass is 10.0. The van der Waals surface area contributed by atoms with E-state index in [9.17, 15) is 4.79 Å². The van der Waals surface area contributed by atoms with Gasteiger partial charge in [-0.15, -0.1) is 0 Å². The fraction of sp³-hybridized carbons (Fsp3) is 0.409. The molecule has 0 heterocycles. The highest BCUT2D eigenvalue weighted by Gasteiger charge is 2.20. The third-order valence-electron chi connectivity index (χ3n) is 4.86. The highest BCUT2D eigenvalue weighted by Crippen LogP contribution is 2.24. The first-order chi connectivity index (χ1) is 13.0. The fourth-order valence-electron chi connectivity index (χ4n) is 3.22. The normalized spacial score (nSPS) is 11.9. The molecule has 0 aliphatic carbocycles. The van der Waals surface area contributed by atoms with Gasteiger partial charge in [0, 0.05) is 12.1 Å². The van der Waals surface area contributed by atoms with Crippen molar-refractivity contribution in [3.05, 3.63) is 59.2 Å². The molecule has 0 aromatic heterocycles. The van der Waals surface area contributed by atoms with E-state index in [1.807, 2.05) is 37.3 Å². The second-order valence-corrected chi connectivity index (χ2v) is 6.41. The minimum absolute atomic E-state index is 0.0754. The van der Waals surface area contributed by atoms with Gasteiger partial charge in [-0.05, 0) is 55.4 Å². The molecule has 1 unspecified atom stereocenters. The van der Waals surface area contributed by atoms with Crippen LogP contribution in [0.1, 0.15) is 41.4 Å². The Hall–Kier alpha value is -2.53. The van der Waals surface area contributed by atoms with E-state index < -0.39 is 0 Å². The molecule has 5 nitrogen and oxygen atoms in total. The molecular weight excluding hydrogens is 340 g/mol. The van der Waals surface area contributed by atoms with Crippen LogP contribution in [0.2, 0.25) is 0 Å². The quantitative estimate of drug-likeness (QED) is 0.729. The third kappa shape index (κ3) is 5.23. The molecule has 0 aliphatic heterocycles. The number of amides is 1. The van der Waals surface area contributed by atoms with E-state index in [1.54, 1.807) is 20.3 Å². The number of carbonyl (C=O) groups excluding carboxylic acids is 1. The molecule has 2 rings (SSSR count). The summed E-state index contributed by atoms with van der Waals surface area (Å²) >= 11 is 0. The van der Waals surface area contributed by atoms with Crippen molar-refractivity contribution in [3.63, 3.8) is 0 Å². The molecule has 1 atom stereocenters. The van der Waals surface area contributed by atoms with Gasteiger partial charge in [-0.2, -0.15) is 0 Å². The summed E-state index contributed by atoms with van der Waals surface area (Å²) in [5.74, 6) is 1.43. The van der Waals surface area contributed by atoms with Gasteiger partial charge in [-0.25, -0.2) is 0 Å². The molecule has 0 saturated heterocycles. The van der Waals surface area contributed by atoms with Crippen LogP contribution < -0.4 is 14.8 Å². The van der Waals surface area contributed by atoms with E-state index in [4.69, 9.17) is 9.47 Å². The minimum Gasteiger partial charge on any atom is -0.497 e. The first-order valence-electron chi connectivity index (χ1n) is 9.34. The van der Waals surface area contributed by atoms with Crippen LogP contribution in [-0.4, -0.2) is 44.7 Å². The summed E-state index contributed by atoms with van der Waals surface area (Å²) in [6, 6.07) is 13.6. The number of likely N-dealkylation sites (N-methyl/N-ethyl adjacent to an activating group) is 1. The zero-order valence-electron chi connectivity index (χ0n) is 16.9. The second-order valence-electron chi connectivity index (χ2n) is 6.41. The number of benzene rings is 2. The smallest absolute Gasteiger partial charge is 0.251 e. The van der Waals surface area contributed by atoms with Crippen molar-refractivity contribution in [1.29, 1.82) is 0 Å². The first kappa shape index (κ1) is 20.8. The topological polar surface area (TPSA) is 50.8 Å². The number of carbonyl (C=O) groups is 1. The molecule has 2 aromatic carbocycles. The summed E-state index contributed by atoms with van der Waals surface area (Å²) < 4.78 is 10.7. The summed E-state index contributed by atoms with van der Waals surface area (Å²) in [6.45, 7) is 8.52. The standard InChI is InChI=1S/C22H30N2O3/c1-6-24(7-2)20(17-9-8-10-19(13-17)26-4)15-23-22(25)18-12-11-16(3)21(14-18)27-5/h8-14,20H,6-7,15H2,1-5H3,(H,23,25). The van der Waals surface area contributed by atoms with Gasteiger partial charge >= 0.3 is 0 Å². The molecule has 0 spiro atoms. The lowest BCUT2D eigenvalue weighted by Gasteiger charge is -2.30. The Balaban J connectivity index is 2.19. The minimum atomic E-state index is -0.103. The first-order valence-corrected chi connectivity index (χ1v) is 9.34. The lowest BCUT2D eigenvalue weighted by molar-refractivity contribution is 0.0934. The Morgan fingerprint density at radius 3 is 2.44 bits per heavy atom. The molecule has 0 radical (unpaired) electrons. The van der Waals surface area contributed by atoms with Gasteiger partial charge in [-0.3, -0.25) is 9.69 Å². The van der Waals surface area contributed by atoms with E-state index in [0.717, 1.165) is 35.7 Å². The number of methoxy groups -OCH3 is 2. The number of nitrogens with zero attached hydrogens (tertiary/aromatic N) is 1. The monoisotopic (exact) mass is 370 g/mol. The molecule has 27 heavy (non-hydrogen) atoms. The maximum atomic E-state index is 12.7. The summed E-state index contributed by atoms with van der Waals surface area (Å²) in [4.78, 5) is 15.0. The van der Waals surface area contributed by atoms with Crippen molar-refractivity contribution in [1.82, 2.24) is 10.2 Å². The predicted octanol–water partition coefficient (Wildman–Crippen LogP) is 3.83. The average Bonchev–Trinajstić information content (AvgIpc) is 2.71. The van der Waals surface area contributed by atoms with Crippen molar-refractivity contribution < 1.29 is 14.3 Å². The third-order valence-corrected chi connectivity index (χ3v) is 4.86.